The summed E-state index contributed by atoms with van der Waals surface area (Å²) in [4.78, 5) is 30.8. The summed E-state index contributed by atoms with van der Waals surface area (Å²) in [5.74, 6) is 0.0109. The van der Waals surface area contributed by atoms with Crippen molar-refractivity contribution in [3.63, 3.8) is 0 Å². The van der Waals surface area contributed by atoms with Gasteiger partial charge in [0.15, 0.2) is 0 Å². The average molecular weight is 399 g/mol. The van der Waals surface area contributed by atoms with E-state index in [0.29, 0.717) is 12.0 Å². The molecule has 2 heterocycles. The van der Waals surface area contributed by atoms with Gasteiger partial charge in [-0.05, 0) is 58.3 Å². The van der Waals surface area contributed by atoms with Crippen LogP contribution in [0.15, 0.2) is 47.2 Å². The molecule has 2 unspecified atom stereocenters. The molecular weight excluding hydrogens is 380 g/mol. The van der Waals surface area contributed by atoms with Crippen molar-refractivity contribution in [1.29, 1.82) is 0 Å². The number of Topliss-reactive ketones (excluding diaryl/α,β-unsaturated/α-hetero) is 1. The molecule has 2 bridgehead atoms. The fourth-order valence-corrected chi connectivity index (χ4v) is 4.34. The third-order valence-electron chi connectivity index (χ3n) is 5.27. The van der Waals surface area contributed by atoms with Crippen LogP contribution in [0.5, 0.6) is 0 Å². The summed E-state index contributed by atoms with van der Waals surface area (Å²) in [6.45, 7) is 0.768. The number of aromatic nitrogens is 1. The van der Waals surface area contributed by atoms with Gasteiger partial charge in [0.05, 0.1) is 0 Å². The van der Waals surface area contributed by atoms with Gasteiger partial charge in [0.25, 0.3) is 5.91 Å². The molecule has 0 radical (unpaired) electrons. The summed E-state index contributed by atoms with van der Waals surface area (Å²) in [6, 6.07) is 10.1. The van der Waals surface area contributed by atoms with E-state index in [4.69, 9.17) is 0 Å². The molecule has 1 amide bonds. The Labute approximate surface area is 155 Å². The van der Waals surface area contributed by atoms with Crippen LogP contribution in [-0.2, 0) is 16.0 Å². The lowest BCUT2D eigenvalue weighted by atomic mass is 10.0. The molecule has 1 aromatic carbocycles. The molecule has 0 N–H and O–H groups in total. The van der Waals surface area contributed by atoms with Crippen LogP contribution in [0.4, 0.5) is 0 Å². The number of nitrogens with zero attached hydrogens (tertiary/aromatic N) is 2. The van der Waals surface area contributed by atoms with Gasteiger partial charge in [0, 0.05) is 41.4 Å². The van der Waals surface area contributed by atoms with E-state index in [2.05, 4.69) is 20.9 Å². The number of amides is 1. The molecule has 5 heteroatoms. The van der Waals surface area contributed by atoms with Crippen LogP contribution in [0.2, 0.25) is 0 Å². The van der Waals surface area contributed by atoms with E-state index in [-0.39, 0.29) is 18.1 Å². The molecule has 4 nitrogen and oxygen atoms in total. The first-order valence-corrected chi connectivity index (χ1v) is 9.43. The summed E-state index contributed by atoms with van der Waals surface area (Å²) < 4.78 is 0.926. The number of pyridine rings is 1. The molecule has 1 saturated carbocycles. The van der Waals surface area contributed by atoms with Crippen LogP contribution in [-0.4, -0.2) is 34.2 Å². The molecule has 2 fully saturated rings. The van der Waals surface area contributed by atoms with Gasteiger partial charge >= 0.3 is 0 Å². The van der Waals surface area contributed by atoms with Gasteiger partial charge in [-0.25, -0.2) is 0 Å². The standard InChI is InChI=1S/C20H19BrN2O2/c21-17-9-16(10-22-11-17)15-4-1-13(2-5-15)8-19(24)20(25)23-12-14-3-6-18(23)7-14/h1-2,4-5,9-11,14,18H,3,6-8,12H2. The predicted molar refractivity (Wildman–Crippen MR) is 98.9 cm³/mol. The molecule has 128 valence electrons. The highest BCUT2D eigenvalue weighted by Crippen LogP contribution is 2.37. The summed E-state index contributed by atoms with van der Waals surface area (Å²) in [5.41, 5.74) is 2.92. The van der Waals surface area contributed by atoms with Crippen molar-refractivity contribution in [2.24, 2.45) is 5.92 Å². The number of carbonyl (C=O) groups excluding carboxylic acids is 2. The molecule has 1 saturated heterocycles. The maximum Gasteiger partial charge on any atom is 0.290 e. The SMILES string of the molecule is O=C(Cc1ccc(-c2cncc(Br)c2)cc1)C(=O)N1CC2CCC1C2. The number of carbonyl (C=O) groups is 2. The molecule has 1 aromatic heterocycles. The molecule has 1 aliphatic carbocycles. The zero-order valence-electron chi connectivity index (χ0n) is 13.8. The molecule has 25 heavy (non-hydrogen) atoms. The summed E-state index contributed by atoms with van der Waals surface area (Å²) in [5, 5.41) is 0. The Morgan fingerprint density at radius 2 is 1.92 bits per heavy atom. The van der Waals surface area contributed by atoms with Gasteiger partial charge in [-0.1, -0.05) is 24.3 Å². The largest absolute Gasteiger partial charge is 0.333 e. The second-order valence-corrected chi connectivity index (χ2v) is 7.89. The topological polar surface area (TPSA) is 50.3 Å². The monoisotopic (exact) mass is 398 g/mol. The zero-order chi connectivity index (χ0) is 17.4. The molecular formula is C20H19BrN2O2. The maximum absolute atomic E-state index is 12.4. The van der Waals surface area contributed by atoms with E-state index in [0.717, 1.165) is 40.5 Å². The number of benzene rings is 1. The number of ketones is 1. The third kappa shape index (κ3) is 3.38. The highest BCUT2D eigenvalue weighted by atomic mass is 79.9. The number of fused-ring (bicyclic) bond motifs is 2. The van der Waals surface area contributed by atoms with E-state index in [1.807, 2.05) is 30.3 Å². The molecule has 2 aliphatic rings. The minimum atomic E-state index is -0.301. The van der Waals surface area contributed by atoms with Crippen molar-refractivity contribution in [2.75, 3.05) is 6.54 Å². The normalized spacial score (nSPS) is 21.6. The van der Waals surface area contributed by atoms with Crippen molar-refractivity contribution < 1.29 is 9.59 Å². The Kier molecular flexibility index (Phi) is 4.42. The molecule has 0 spiro atoms. The molecule has 2 atom stereocenters. The first-order chi connectivity index (χ1) is 12.1. The molecule has 2 aromatic rings. The highest BCUT2D eigenvalue weighted by molar-refractivity contribution is 9.10. The third-order valence-corrected chi connectivity index (χ3v) is 5.70. The van der Waals surface area contributed by atoms with Gasteiger partial charge in [-0.15, -0.1) is 0 Å². The first-order valence-electron chi connectivity index (χ1n) is 8.64. The Bertz CT molecular complexity index is 819. The van der Waals surface area contributed by atoms with Crippen LogP contribution in [0, 0.1) is 5.92 Å². The van der Waals surface area contributed by atoms with Crippen molar-refractivity contribution in [2.45, 2.75) is 31.7 Å². The summed E-state index contributed by atoms with van der Waals surface area (Å²) in [7, 11) is 0. The number of rotatable bonds is 4. The van der Waals surface area contributed by atoms with Crippen molar-refractivity contribution >= 4 is 27.6 Å². The van der Waals surface area contributed by atoms with E-state index < -0.39 is 0 Å². The second-order valence-electron chi connectivity index (χ2n) is 6.98. The Morgan fingerprint density at radius 1 is 1.12 bits per heavy atom. The zero-order valence-corrected chi connectivity index (χ0v) is 15.4. The smallest absolute Gasteiger partial charge is 0.290 e. The number of likely N-dealkylation sites (tertiary alicyclic amines) is 1. The van der Waals surface area contributed by atoms with Crippen LogP contribution in [0.25, 0.3) is 11.1 Å². The van der Waals surface area contributed by atoms with Crippen LogP contribution in [0.3, 0.4) is 0 Å². The predicted octanol–water partition coefficient (Wildman–Crippen LogP) is 3.63. The van der Waals surface area contributed by atoms with Crippen LogP contribution >= 0.6 is 15.9 Å². The lowest BCUT2D eigenvalue weighted by molar-refractivity contribution is -0.145. The van der Waals surface area contributed by atoms with Gasteiger partial charge in [-0.3, -0.25) is 14.6 Å². The summed E-state index contributed by atoms with van der Waals surface area (Å²) >= 11 is 3.42. The van der Waals surface area contributed by atoms with Crippen LogP contribution in [0.1, 0.15) is 24.8 Å². The van der Waals surface area contributed by atoms with Gasteiger partial charge in [0.2, 0.25) is 5.78 Å². The lowest BCUT2D eigenvalue weighted by Gasteiger charge is -2.26. The fourth-order valence-electron chi connectivity index (χ4n) is 3.98. The number of hydrogen-bond donors (Lipinski definition) is 0. The lowest BCUT2D eigenvalue weighted by Crippen LogP contribution is -2.42. The minimum absolute atomic E-state index is 0.170. The molecule has 4 rings (SSSR count). The average Bonchev–Trinajstić information content (AvgIpc) is 3.25. The minimum Gasteiger partial charge on any atom is -0.333 e. The van der Waals surface area contributed by atoms with E-state index in [1.165, 1.54) is 6.42 Å². The Hall–Kier alpha value is -2.01. The Morgan fingerprint density at radius 3 is 2.56 bits per heavy atom. The quantitative estimate of drug-likeness (QED) is 0.738. The van der Waals surface area contributed by atoms with Gasteiger partial charge in [0.1, 0.15) is 0 Å². The van der Waals surface area contributed by atoms with Crippen molar-refractivity contribution in [3.8, 4) is 11.1 Å². The summed E-state index contributed by atoms with van der Waals surface area (Å²) in [6.07, 6.45) is 7.05. The molecule has 1 aliphatic heterocycles. The van der Waals surface area contributed by atoms with E-state index >= 15 is 0 Å². The van der Waals surface area contributed by atoms with Crippen molar-refractivity contribution in [3.05, 3.63) is 52.8 Å². The van der Waals surface area contributed by atoms with Gasteiger partial charge in [-0.2, -0.15) is 0 Å². The number of halogens is 1. The highest BCUT2D eigenvalue weighted by Gasteiger charge is 2.41. The Balaban J connectivity index is 1.42. The van der Waals surface area contributed by atoms with E-state index in [1.54, 1.807) is 17.3 Å². The fraction of sp³-hybridized carbons (Fsp3) is 0.350. The number of piperidine rings is 1. The van der Waals surface area contributed by atoms with E-state index in [9.17, 15) is 9.59 Å². The van der Waals surface area contributed by atoms with Gasteiger partial charge < -0.3 is 4.90 Å². The van der Waals surface area contributed by atoms with Crippen molar-refractivity contribution in [1.82, 2.24) is 9.88 Å². The van der Waals surface area contributed by atoms with Crippen LogP contribution < -0.4 is 0 Å². The maximum atomic E-state index is 12.4. The number of hydrogen-bond acceptors (Lipinski definition) is 3. The second kappa shape index (κ2) is 6.71. The first kappa shape index (κ1) is 16.5.